The predicted molar refractivity (Wildman–Crippen MR) is 165 cm³/mol. The Bertz CT molecular complexity index is 1290. The maximum atomic E-state index is 13.5. The van der Waals surface area contributed by atoms with Crippen LogP contribution in [-0.4, -0.2) is 75.7 Å². The lowest BCUT2D eigenvalue weighted by molar-refractivity contribution is 0.0597. The fraction of sp³-hybridized carbons (Fsp3) is 0.625. The van der Waals surface area contributed by atoms with Gasteiger partial charge in [-0.2, -0.15) is 10.1 Å². The summed E-state index contributed by atoms with van der Waals surface area (Å²) < 4.78 is 13.0. The Kier molecular flexibility index (Phi) is 10.1. The van der Waals surface area contributed by atoms with Crippen molar-refractivity contribution in [3.63, 3.8) is 0 Å². The number of nitrogens with zero attached hydrogens (tertiary/aromatic N) is 6. The molecule has 228 valence electrons. The van der Waals surface area contributed by atoms with E-state index in [1.165, 1.54) is 24.2 Å². The van der Waals surface area contributed by atoms with E-state index in [0.717, 1.165) is 81.5 Å². The SMILES string of the molecule is COCCCN1CCC(NCc2ccc(N(C(=O)OC(C)(C)C)c3ncc4cnn(C5CCCCC5)c4n3)cc2)CC1. The lowest BCUT2D eigenvalue weighted by Crippen LogP contribution is -2.42. The van der Waals surface area contributed by atoms with E-state index in [4.69, 9.17) is 14.5 Å². The van der Waals surface area contributed by atoms with Crippen molar-refractivity contribution in [1.29, 1.82) is 0 Å². The second kappa shape index (κ2) is 13.9. The first-order valence-electron chi connectivity index (χ1n) is 15.6. The van der Waals surface area contributed by atoms with E-state index >= 15 is 0 Å². The van der Waals surface area contributed by atoms with Crippen LogP contribution in [0.3, 0.4) is 0 Å². The molecule has 2 aliphatic rings. The van der Waals surface area contributed by atoms with Gasteiger partial charge in [0.2, 0.25) is 5.95 Å². The molecular formula is C32H47N7O3. The number of benzene rings is 1. The Labute approximate surface area is 249 Å². The molecule has 1 amide bonds. The van der Waals surface area contributed by atoms with Gasteiger partial charge in [-0.05, 0) is 83.7 Å². The standard InChI is InChI=1S/C32H47N7O3/c1-32(2,3)42-31(40)38(30-34-22-25-23-35-39(29(25)36-30)28-9-6-5-7-10-28)27-13-11-24(12-14-27)21-33-26-15-18-37(19-16-26)17-8-20-41-4/h11-14,22-23,26,28,33H,5-10,15-21H2,1-4H3. The van der Waals surface area contributed by atoms with E-state index in [1.54, 1.807) is 13.3 Å². The van der Waals surface area contributed by atoms with Gasteiger partial charge in [0.05, 0.1) is 23.3 Å². The van der Waals surface area contributed by atoms with Crippen LogP contribution in [0.15, 0.2) is 36.7 Å². The van der Waals surface area contributed by atoms with Gasteiger partial charge < -0.3 is 19.7 Å². The Balaban J connectivity index is 1.29. The van der Waals surface area contributed by atoms with Crippen molar-refractivity contribution in [3.8, 4) is 0 Å². The molecule has 1 aliphatic heterocycles. The van der Waals surface area contributed by atoms with Gasteiger partial charge in [-0.15, -0.1) is 0 Å². The maximum absolute atomic E-state index is 13.5. The number of carbonyl (C=O) groups is 1. The van der Waals surface area contributed by atoms with Crippen LogP contribution in [0.1, 0.15) is 83.7 Å². The molecule has 2 aromatic heterocycles. The minimum Gasteiger partial charge on any atom is -0.443 e. The van der Waals surface area contributed by atoms with Gasteiger partial charge in [0.25, 0.3) is 0 Å². The molecule has 0 atom stereocenters. The summed E-state index contributed by atoms with van der Waals surface area (Å²) in [6, 6.07) is 8.85. The van der Waals surface area contributed by atoms with Crippen LogP contribution in [0.4, 0.5) is 16.4 Å². The molecule has 2 fully saturated rings. The highest BCUT2D eigenvalue weighted by atomic mass is 16.6. The molecule has 1 aliphatic carbocycles. The highest BCUT2D eigenvalue weighted by Crippen LogP contribution is 2.31. The number of aromatic nitrogens is 4. The number of nitrogens with one attached hydrogen (secondary N) is 1. The number of ether oxygens (including phenoxy) is 2. The topological polar surface area (TPSA) is 97.6 Å². The number of hydrogen-bond donors (Lipinski definition) is 1. The number of piperidine rings is 1. The van der Waals surface area contributed by atoms with Gasteiger partial charge in [-0.3, -0.25) is 0 Å². The molecule has 10 heteroatoms. The molecule has 0 spiro atoms. The van der Waals surface area contributed by atoms with Crippen LogP contribution >= 0.6 is 0 Å². The Morgan fingerprint density at radius 1 is 1.05 bits per heavy atom. The number of rotatable bonds is 10. The van der Waals surface area contributed by atoms with Crippen LogP contribution in [0, 0.1) is 0 Å². The van der Waals surface area contributed by atoms with Crippen molar-refractivity contribution in [2.45, 2.75) is 96.4 Å². The summed E-state index contributed by atoms with van der Waals surface area (Å²) in [5.41, 5.74) is 1.93. The van der Waals surface area contributed by atoms with Gasteiger partial charge in [-0.25, -0.2) is 19.4 Å². The summed E-state index contributed by atoms with van der Waals surface area (Å²) in [6.07, 6.45) is 12.3. The molecule has 0 unspecified atom stereocenters. The third-order valence-electron chi connectivity index (χ3n) is 8.22. The minimum atomic E-state index is -0.660. The minimum absolute atomic E-state index is 0.289. The molecule has 1 saturated heterocycles. The largest absolute Gasteiger partial charge is 0.443 e. The van der Waals surface area contributed by atoms with Gasteiger partial charge in [0.15, 0.2) is 5.65 Å². The Morgan fingerprint density at radius 2 is 1.79 bits per heavy atom. The molecule has 42 heavy (non-hydrogen) atoms. The zero-order valence-electron chi connectivity index (χ0n) is 25.7. The molecule has 5 rings (SSSR count). The van der Waals surface area contributed by atoms with Crippen LogP contribution < -0.4 is 10.2 Å². The van der Waals surface area contributed by atoms with E-state index in [-0.39, 0.29) is 5.95 Å². The van der Waals surface area contributed by atoms with Crippen molar-refractivity contribution in [3.05, 3.63) is 42.2 Å². The van der Waals surface area contributed by atoms with Crippen LogP contribution in [-0.2, 0) is 16.0 Å². The Hall–Kier alpha value is -3.08. The molecule has 0 bridgehead atoms. The first kappa shape index (κ1) is 30.4. The third kappa shape index (κ3) is 7.85. The molecule has 10 nitrogen and oxygen atoms in total. The average Bonchev–Trinajstić information content (AvgIpc) is 3.41. The summed E-state index contributed by atoms with van der Waals surface area (Å²) in [7, 11) is 1.76. The van der Waals surface area contributed by atoms with Gasteiger partial charge in [0, 0.05) is 39.0 Å². The van der Waals surface area contributed by atoms with Crippen LogP contribution in [0.25, 0.3) is 11.0 Å². The Morgan fingerprint density at radius 3 is 2.48 bits per heavy atom. The predicted octanol–water partition coefficient (Wildman–Crippen LogP) is 6.00. The van der Waals surface area contributed by atoms with Crippen molar-refractivity contribution in [2.24, 2.45) is 0 Å². The van der Waals surface area contributed by atoms with Crippen molar-refractivity contribution in [1.82, 2.24) is 30.0 Å². The van der Waals surface area contributed by atoms with Crippen molar-refractivity contribution < 1.29 is 14.3 Å². The zero-order chi connectivity index (χ0) is 29.5. The van der Waals surface area contributed by atoms with E-state index in [9.17, 15) is 4.79 Å². The molecule has 3 aromatic rings. The average molecular weight is 578 g/mol. The van der Waals surface area contributed by atoms with E-state index < -0.39 is 11.7 Å². The van der Waals surface area contributed by atoms with Gasteiger partial charge in [0.1, 0.15) is 5.60 Å². The molecule has 0 radical (unpaired) electrons. The number of methoxy groups -OCH3 is 1. The summed E-state index contributed by atoms with van der Waals surface area (Å²) >= 11 is 0. The molecule has 3 heterocycles. The molecule has 1 aromatic carbocycles. The number of anilines is 2. The van der Waals surface area contributed by atoms with E-state index in [2.05, 4.69) is 32.4 Å². The quantitative estimate of drug-likeness (QED) is 0.293. The fourth-order valence-corrected chi connectivity index (χ4v) is 5.96. The van der Waals surface area contributed by atoms with E-state index in [1.807, 2.05) is 43.8 Å². The highest BCUT2D eigenvalue weighted by Gasteiger charge is 2.28. The summed E-state index contributed by atoms with van der Waals surface area (Å²) in [5.74, 6) is 0.289. The summed E-state index contributed by atoms with van der Waals surface area (Å²) in [6.45, 7) is 10.5. The first-order valence-corrected chi connectivity index (χ1v) is 15.6. The van der Waals surface area contributed by atoms with Gasteiger partial charge in [-0.1, -0.05) is 31.4 Å². The van der Waals surface area contributed by atoms with Crippen LogP contribution in [0.5, 0.6) is 0 Å². The smallest absolute Gasteiger partial charge is 0.421 e. The van der Waals surface area contributed by atoms with Crippen molar-refractivity contribution in [2.75, 3.05) is 38.3 Å². The lowest BCUT2D eigenvalue weighted by atomic mass is 9.96. The second-order valence-electron chi connectivity index (χ2n) is 12.7. The number of likely N-dealkylation sites (tertiary alicyclic amines) is 1. The summed E-state index contributed by atoms with van der Waals surface area (Å²) in [4.78, 5) is 27.0. The monoisotopic (exact) mass is 577 g/mol. The van der Waals surface area contributed by atoms with Crippen molar-refractivity contribution >= 4 is 28.8 Å². The second-order valence-corrected chi connectivity index (χ2v) is 12.7. The van der Waals surface area contributed by atoms with E-state index in [0.29, 0.717) is 17.8 Å². The van der Waals surface area contributed by atoms with Crippen LogP contribution in [0.2, 0.25) is 0 Å². The molecule has 1 saturated carbocycles. The number of carbonyl (C=O) groups excluding carboxylic acids is 1. The fourth-order valence-electron chi connectivity index (χ4n) is 5.96. The number of fused-ring (bicyclic) bond motifs is 1. The lowest BCUT2D eigenvalue weighted by Gasteiger charge is -2.32. The number of amides is 1. The maximum Gasteiger partial charge on any atom is 0.421 e. The van der Waals surface area contributed by atoms with Gasteiger partial charge >= 0.3 is 6.09 Å². The highest BCUT2D eigenvalue weighted by molar-refractivity contribution is 5.95. The summed E-state index contributed by atoms with van der Waals surface area (Å²) in [5, 5.41) is 9.25. The molecule has 1 N–H and O–H groups in total. The first-order chi connectivity index (χ1) is 20.3. The number of hydrogen-bond acceptors (Lipinski definition) is 8. The molecular weight excluding hydrogens is 530 g/mol. The zero-order valence-corrected chi connectivity index (χ0v) is 25.7. The third-order valence-corrected chi connectivity index (χ3v) is 8.22. The normalized spacial score (nSPS) is 17.5.